The second kappa shape index (κ2) is 8.03. The largest absolute Gasteiger partial charge is 0.497 e. The molecule has 0 amide bonds. The second-order valence-corrected chi connectivity index (χ2v) is 7.83. The van der Waals surface area contributed by atoms with Crippen LogP contribution in [0.4, 0.5) is 5.95 Å². The standard InChI is InChI=1S/C24H24N4O4/c1-30-16-9-7-14(8-10-16)15-11-18-21(19(29)12-15)22(28-24(27-18)25-13-26-28)17-5-4-6-20(31-2)23(17)32-3/h4-10,13,15,22H,11-12H2,1-3H3,(H,25,26,27)/t15-,22-/m1/s1. The van der Waals surface area contributed by atoms with E-state index in [0.717, 1.165) is 22.6 Å². The van der Waals surface area contributed by atoms with Crippen molar-refractivity contribution >= 4 is 11.7 Å². The minimum Gasteiger partial charge on any atom is -0.497 e. The van der Waals surface area contributed by atoms with Crippen molar-refractivity contribution in [3.05, 3.63) is 71.2 Å². The van der Waals surface area contributed by atoms with E-state index in [2.05, 4.69) is 15.4 Å². The van der Waals surface area contributed by atoms with E-state index in [9.17, 15) is 4.79 Å². The van der Waals surface area contributed by atoms with E-state index in [1.807, 2.05) is 42.5 Å². The lowest BCUT2D eigenvalue weighted by Gasteiger charge is -2.35. The van der Waals surface area contributed by atoms with Crippen LogP contribution >= 0.6 is 0 Å². The van der Waals surface area contributed by atoms with Gasteiger partial charge in [0.05, 0.1) is 21.3 Å². The number of anilines is 1. The lowest BCUT2D eigenvalue weighted by molar-refractivity contribution is -0.116. The number of hydrogen-bond acceptors (Lipinski definition) is 7. The highest BCUT2D eigenvalue weighted by molar-refractivity contribution is 6.00. The van der Waals surface area contributed by atoms with Crippen LogP contribution in [0, 0.1) is 0 Å². The maximum atomic E-state index is 13.5. The van der Waals surface area contributed by atoms with Crippen LogP contribution in [-0.4, -0.2) is 41.9 Å². The van der Waals surface area contributed by atoms with Crippen LogP contribution in [0.25, 0.3) is 0 Å². The van der Waals surface area contributed by atoms with Gasteiger partial charge in [0.1, 0.15) is 18.1 Å². The van der Waals surface area contributed by atoms with Gasteiger partial charge in [-0.2, -0.15) is 10.1 Å². The smallest absolute Gasteiger partial charge is 0.226 e. The highest BCUT2D eigenvalue weighted by Crippen LogP contribution is 2.47. The van der Waals surface area contributed by atoms with Crippen LogP contribution in [0.2, 0.25) is 0 Å². The molecule has 2 atom stereocenters. The molecule has 1 aliphatic carbocycles. The highest BCUT2D eigenvalue weighted by Gasteiger charge is 2.40. The minimum absolute atomic E-state index is 0.0713. The average molecular weight is 432 g/mol. The van der Waals surface area contributed by atoms with Crippen molar-refractivity contribution in [2.75, 3.05) is 26.6 Å². The van der Waals surface area contributed by atoms with Crippen LogP contribution in [0.15, 0.2) is 60.1 Å². The summed E-state index contributed by atoms with van der Waals surface area (Å²) in [5.74, 6) is 2.73. The van der Waals surface area contributed by atoms with Gasteiger partial charge in [0, 0.05) is 23.3 Å². The summed E-state index contributed by atoms with van der Waals surface area (Å²) < 4.78 is 18.2. The van der Waals surface area contributed by atoms with Crippen molar-refractivity contribution in [1.82, 2.24) is 14.8 Å². The molecule has 5 rings (SSSR count). The maximum absolute atomic E-state index is 13.5. The molecule has 164 valence electrons. The molecule has 0 saturated heterocycles. The van der Waals surface area contributed by atoms with E-state index in [-0.39, 0.29) is 11.7 Å². The van der Waals surface area contributed by atoms with Gasteiger partial charge in [-0.15, -0.1) is 0 Å². The number of Topliss-reactive ketones (excluding diaryl/α,β-unsaturated/α-hetero) is 1. The summed E-state index contributed by atoms with van der Waals surface area (Å²) in [6, 6.07) is 13.1. The van der Waals surface area contributed by atoms with E-state index in [1.165, 1.54) is 6.33 Å². The van der Waals surface area contributed by atoms with Crippen molar-refractivity contribution in [2.45, 2.75) is 24.8 Å². The van der Waals surface area contributed by atoms with Gasteiger partial charge in [0.2, 0.25) is 5.95 Å². The van der Waals surface area contributed by atoms with Crippen LogP contribution < -0.4 is 19.5 Å². The molecule has 0 saturated carbocycles. The van der Waals surface area contributed by atoms with Crippen molar-refractivity contribution in [3.63, 3.8) is 0 Å². The zero-order chi connectivity index (χ0) is 22.2. The van der Waals surface area contributed by atoms with Crippen molar-refractivity contribution in [2.24, 2.45) is 0 Å². The van der Waals surface area contributed by atoms with Gasteiger partial charge in [0.15, 0.2) is 17.3 Å². The maximum Gasteiger partial charge on any atom is 0.226 e. The Hall–Kier alpha value is -3.81. The van der Waals surface area contributed by atoms with Crippen molar-refractivity contribution < 1.29 is 19.0 Å². The summed E-state index contributed by atoms with van der Waals surface area (Å²) in [6.45, 7) is 0. The Morgan fingerprint density at radius 2 is 1.81 bits per heavy atom. The third-order valence-electron chi connectivity index (χ3n) is 6.18. The fourth-order valence-corrected chi connectivity index (χ4v) is 4.68. The topological polar surface area (TPSA) is 87.5 Å². The number of ether oxygens (including phenoxy) is 3. The third-order valence-corrected chi connectivity index (χ3v) is 6.18. The van der Waals surface area contributed by atoms with Crippen LogP contribution in [0.3, 0.4) is 0 Å². The van der Waals surface area contributed by atoms with Crippen molar-refractivity contribution in [1.29, 1.82) is 0 Å². The number of benzene rings is 2. The summed E-state index contributed by atoms with van der Waals surface area (Å²) in [4.78, 5) is 17.9. The summed E-state index contributed by atoms with van der Waals surface area (Å²) in [5.41, 5.74) is 3.48. The molecule has 0 fully saturated rings. The number of hydrogen-bond donors (Lipinski definition) is 1. The van der Waals surface area contributed by atoms with Gasteiger partial charge in [-0.1, -0.05) is 24.3 Å². The predicted molar refractivity (Wildman–Crippen MR) is 118 cm³/mol. The number of allylic oxidation sites excluding steroid dienone is 2. The lowest BCUT2D eigenvalue weighted by atomic mass is 9.77. The minimum atomic E-state index is -0.446. The average Bonchev–Trinajstić information content (AvgIpc) is 3.30. The van der Waals surface area contributed by atoms with E-state index in [1.54, 1.807) is 26.0 Å². The first-order valence-corrected chi connectivity index (χ1v) is 10.4. The van der Waals surface area contributed by atoms with E-state index in [0.29, 0.717) is 35.9 Å². The molecule has 0 spiro atoms. The number of rotatable bonds is 5. The summed E-state index contributed by atoms with van der Waals surface area (Å²) in [6.07, 6.45) is 2.61. The van der Waals surface area contributed by atoms with Gasteiger partial charge in [-0.3, -0.25) is 4.79 Å². The van der Waals surface area contributed by atoms with E-state index in [4.69, 9.17) is 14.2 Å². The summed E-state index contributed by atoms with van der Waals surface area (Å²) in [5, 5.41) is 7.76. The van der Waals surface area contributed by atoms with Gasteiger partial charge in [0.25, 0.3) is 0 Å². The molecular formula is C24H24N4O4. The van der Waals surface area contributed by atoms with Crippen LogP contribution in [-0.2, 0) is 4.79 Å². The molecule has 0 radical (unpaired) electrons. The fraction of sp³-hybridized carbons (Fsp3) is 0.292. The fourth-order valence-electron chi connectivity index (χ4n) is 4.68. The van der Waals surface area contributed by atoms with E-state index >= 15 is 0 Å². The normalized spacial score (nSPS) is 19.7. The second-order valence-electron chi connectivity index (χ2n) is 7.83. The molecule has 8 heteroatoms. The van der Waals surface area contributed by atoms with Gasteiger partial charge in [-0.05, 0) is 36.1 Å². The van der Waals surface area contributed by atoms with Crippen molar-refractivity contribution in [3.8, 4) is 17.2 Å². The molecule has 1 aromatic heterocycles. The SMILES string of the molecule is COc1ccc([C@H]2CC(=O)C3=C(C2)Nc2ncnn2[C@@H]3c2cccc(OC)c2OC)cc1. The Morgan fingerprint density at radius 3 is 2.53 bits per heavy atom. The molecule has 8 nitrogen and oxygen atoms in total. The molecule has 2 heterocycles. The monoisotopic (exact) mass is 432 g/mol. The molecule has 2 aliphatic rings. The first-order valence-electron chi connectivity index (χ1n) is 10.4. The lowest BCUT2D eigenvalue weighted by Crippen LogP contribution is -2.33. The molecule has 1 aliphatic heterocycles. The summed E-state index contributed by atoms with van der Waals surface area (Å²) in [7, 11) is 4.84. The summed E-state index contributed by atoms with van der Waals surface area (Å²) >= 11 is 0. The molecular weight excluding hydrogens is 408 g/mol. The highest BCUT2D eigenvalue weighted by atomic mass is 16.5. The number of carbonyl (C=O) groups excluding carboxylic acids is 1. The zero-order valence-corrected chi connectivity index (χ0v) is 18.2. The first-order chi connectivity index (χ1) is 15.6. The number of fused-ring (bicyclic) bond motifs is 1. The Labute approximate surface area is 185 Å². The Kier molecular flexibility index (Phi) is 5.05. The Morgan fingerprint density at radius 1 is 1.00 bits per heavy atom. The number of carbonyl (C=O) groups is 1. The molecule has 32 heavy (non-hydrogen) atoms. The van der Waals surface area contributed by atoms with E-state index < -0.39 is 6.04 Å². The van der Waals surface area contributed by atoms with Gasteiger partial charge in [-0.25, -0.2) is 4.68 Å². The molecule has 1 N–H and O–H groups in total. The predicted octanol–water partition coefficient (Wildman–Crippen LogP) is 3.72. The first kappa shape index (κ1) is 20.1. The number of ketones is 1. The number of methoxy groups -OCH3 is 3. The quantitative estimate of drug-likeness (QED) is 0.657. The number of para-hydroxylation sites is 1. The molecule has 3 aromatic rings. The Bertz CT molecular complexity index is 1200. The number of nitrogens with one attached hydrogen (secondary N) is 1. The zero-order valence-electron chi connectivity index (χ0n) is 18.2. The Balaban J connectivity index is 1.60. The van der Waals surface area contributed by atoms with Gasteiger partial charge < -0.3 is 19.5 Å². The molecule has 2 aromatic carbocycles. The number of nitrogens with zero attached hydrogens (tertiary/aromatic N) is 3. The molecule has 0 unspecified atom stereocenters. The van der Waals surface area contributed by atoms with Gasteiger partial charge >= 0.3 is 0 Å². The molecule has 0 bridgehead atoms. The van der Waals surface area contributed by atoms with Crippen LogP contribution in [0.5, 0.6) is 17.2 Å². The third kappa shape index (κ3) is 3.19. The van der Waals surface area contributed by atoms with Crippen LogP contribution in [0.1, 0.15) is 35.9 Å². The number of aromatic nitrogens is 3.